The third-order valence-corrected chi connectivity index (χ3v) is 4.15. The van der Waals surface area contributed by atoms with E-state index in [0.29, 0.717) is 13.0 Å². The first-order valence-corrected chi connectivity index (χ1v) is 7.76. The lowest BCUT2D eigenvalue weighted by Crippen LogP contribution is -2.22. The molecule has 0 saturated carbocycles. The molecule has 2 N–H and O–H groups in total. The Kier molecular flexibility index (Phi) is 5.56. The molecule has 0 radical (unpaired) electrons. The molecule has 1 heterocycles. The number of hydrogen-bond acceptors (Lipinski definition) is 3. The number of thiophene rings is 1. The van der Waals surface area contributed by atoms with Crippen LogP contribution in [0.3, 0.4) is 0 Å². The highest BCUT2D eigenvalue weighted by molar-refractivity contribution is 7.09. The monoisotopic (exact) mass is 293 g/mol. The van der Waals surface area contributed by atoms with Crippen molar-refractivity contribution in [2.75, 3.05) is 6.61 Å². The highest BCUT2D eigenvalue weighted by Crippen LogP contribution is 2.22. The number of nitrogens with two attached hydrogens (primary N) is 1. The van der Waals surface area contributed by atoms with E-state index in [9.17, 15) is 4.39 Å². The van der Waals surface area contributed by atoms with Crippen molar-refractivity contribution in [3.63, 3.8) is 0 Å². The predicted octanol–water partition coefficient (Wildman–Crippen LogP) is 3.79. The molecule has 2 aromatic rings. The first-order valence-electron chi connectivity index (χ1n) is 6.88. The molecule has 0 aliphatic carbocycles. The lowest BCUT2D eigenvalue weighted by atomic mass is 10.0. The zero-order valence-electron chi connectivity index (χ0n) is 11.6. The minimum Gasteiger partial charge on any atom is -0.493 e. The molecule has 2 rings (SSSR count). The van der Waals surface area contributed by atoms with Gasteiger partial charge >= 0.3 is 0 Å². The molecule has 0 fully saturated rings. The maximum Gasteiger partial charge on any atom is 0.123 e. The molecule has 1 aromatic heterocycles. The van der Waals surface area contributed by atoms with E-state index in [1.807, 2.05) is 13.0 Å². The minimum absolute atomic E-state index is 0.0384. The largest absolute Gasteiger partial charge is 0.493 e. The third kappa shape index (κ3) is 4.32. The van der Waals surface area contributed by atoms with Crippen LogP contribution in [-0.4, -0.2) is 12.6 Å². The Labute approximate surface area is 123 Å². The Morgan fingerprint density at radius 3 is 2.90 bits per heavy atom. The average Bonchev–Trinajstić information content (AvgIpc) is 2.94. The zero-order chi connectivity index (χ0) is 14.4. The van der Waals surface area contributed by atoms with E-state index in [2.05, 4.69) is 11.4 Å². The van der Waals surface area contributed by atoms with Crippen LogP contribution in [0.15, 0.2) is 35.7 Å². The van der Waals surface area contributed by atoms with Crippen molar-refractivity contribution < 1.29 is 9.13 Å². The van der Waals surface area contributed by atoms with Gasteiger partial charge in [0.25, 0.3) is 0 Å². The van der Waals surface area contributed by atoms with Crippen molar-refractivity contribution in [1.29, 1.82) is 0 Å². The lowest BCUT2D eigenvalue weighted by molar-refractivity contribution is 0.318. The maximum atomic E-state index is 13.4. The van der Waals surface area contributed by atoms with E-state index in [4.69, 9.17) is 10.5 Å². The van der Waals surface area contributed by atoms with Gasteiger partial charge in [-0.1, -0.05) is 13.0 Å². The van der Waals surface area contributed by atoms with Gasteiger partial charge in [-0.15, -0.1) is 11.3 Å². The fraction of sp³-hybridized carbons (Fsp3) is 0.375. The van der Waals surface area contributed by atoms with Gasteiger partial charge in [0.15, 0.2) is 0 Å². The van der Waals surface area contributed by atoms with Gasteiger partial charge in [-0.05, 0) is 48.1 Å². The maximum absolute atomic E-state index is 13.4. The van der Waals surface area contributed by atoms with Crippen LogP contribution in [0.1, 0.15) is 23.8 Å². The van der Waals surface area contributed by atoms with Crippen LogP contribution >= 0.6 is 11.3 Å². The molecule has 1 atom stereocenters. The van der Waals surface area contributed by atoms with Crippen molar-refractivity contribution in [3.05, 3.63) is 52.0 Å². The van der Waals surface area contributed by atoms with Gasteiger partial charge in [0, 0.05) is 17.3 Å². The second kappa shape index (κ2) is 7.41. The van der Waals surface area contributed by atoms with Crippen LogP contribution in [0.2, 0.25) is 0 Å². The van der Waals surface area contributed by atoms with E-state index < -0.39 is 0 Å². The zero-order valence-corrected chi connectivity index (χ0v) is 12.5. The smallest absolute Gasteiger partial charge is 0.123 e. The quantitative estimate of drug-likeness (QED) is 0.843. The van der Waals surface area contributed by atoms with Crippen LogP contribution in [0.4, 0.5) is 4.39 Å². The SMILES string of the molecule is CCC(N)Cc1cc(F)ccc1OCCc1cccs1. The Bertz CT molecular complexity index is 527. The molecule has 20 heavy (non-hydrogen) atoms. The van der Waals surface area contributed by atoms with Crippen molar-refractivity contribution in [1.82, 2.24) is 0 Å². The van der Waals surface area contributed by atoms with Crippen molar-refractivity contribution in [2.45, 2.75) is 32.2 Å². The molecule has 4 heteroatoms. The molecule has 1 unspecified atom stereocenters. The fourth-order valence-electron chi connectivity index (χ4n) is 1.99. The lowest BCUT2D eigenvalue weighted by Gasteiger charge is -2.14. The Hall–Kier alpha value is -1.39. The van der Waals surface area contributed by atoms with Gasteiger partial charge in [-0.25, -0.2) is 4.39 Å². The van der Waals surface area contributed by atoms with E-state index >= 15 is 0 Å². The predicted molar refractivity (Wildman–Crippen MR) is 81.9 cm³/mol. The standard InChI is InChI=1S/C16H20FNOS/c1-2-14(18)11-12-10-13(17)5-6-16(12)19-8-7-15-4-3-9-20-15/h3-6,9-10,14H,2,7-8,11,18H2,1H3. The molecule has 108 valence electrons. The summed E-state index contributed by atoms with van der Waals surface area (Å²) in [6.45, 7) is 2.63. The second-order valence-corrected chi connectivity index (χ2v) is 5.83. The van der Waals surface area contributed by atoms with Gasteiger partial charge in [-0.2, -0.15) is 0 Å². The summed E-state index contributed by atoms with van der Waals surface area (Å²) in [6, 6.07) is 8.81. The van der Waals surface area contributed by atoms with Crippen LogP contribution < -0.4 is 10.5 Å². The molecule has 0 amide bonds. The highest BCUT2D eigenvalue weighted by atomic mass is 32.1. The summed E-state index contributed by atoms with van der Waals surface area (Å²) >= 11 is 1.72. The molecule has 1 aromatic carbocycles. The van der Waals surface area contributed by atoms with Crippen molar-refractivity contribution >= 4 is 11.3 Å². The fourth-order valence-corrected chi connectivity index (χ4v) is 2.68. The molecule has 2 nitrogen and oxygen atoms in total. The summed E-state index contributed by atoms with van der Waals surface area (Å²) in [5.41, 5.74) is 6.81. The summed E-state index contributed by atoms with van der Waals surface area (Å²) in [4.78, 5) is 1.29. The van der Waals surface area contributed by atoms with Crippen LogP contribution in [0, 0.1) is 5.82 Å². The molecule has 0 saturated heterocycles. The average molecular weight is 293 g/mol. The number of hydrogen-bond donors (Lipinski definition) is 1. The highest BCUT2D eigenvalue weighted by Gasteiger charge is 2.09. The van der Waals surface area contributed by atoms with Crippen molar-refractivity contribution in [3.8, 4) is 5.75 Å². The van der Waals surface area contributed by atoms with E-state index in [1.54, 1.807) is 17.4 Å². The van der Waals surface area contributed by atoms with E-state index in [1.165, 1.54) is 17.0 Å². The number of benzene rings is 1. The Morgan fingerprint density at radius 1 is 1.35 bits per heavy atom. The van der Waals surface area contributed by atoms with Crippen molar-refractivity contribution in [2.24, 2.45) is 5.73 Å². The number of halogens is 1. The van der Waals surface area contributed by atoms with E-state index in [-0.39, 0.29) is 11.9 Å². The topological polar surface area (TPSA) is 35.2 Å². The summed E-state index contributed by atoms with van der Waals surface area (Å²) in [5, 5.41) is 2.05. The Balaban J connectivity index is 1.98. The van der Waals surface area contributed by atoms with E-state index in [0.717, 1.165) is 24.2 Å². The van der Waals surface area contributed by atoms with Crippen LogP contribution in [-0.2, 0) is 12.8 Å². The molecular weight excluding hydrogens is 273 g/mol. The summed E-state index contributed by atoms with van der Waals surface area (Å²) in [5.74, 6) is 0.501. The molecule has 0 aliphatic rings. The first kappa shape index (κ1) is 15.0. The van der Waals surface area contributed by atoms with Gasteiger partial charge < -0.3 is 10.5 Å². The number of ether oxygens (including phenoxy) is 1. The Morgan fingerprint density at radius 2 is 2.20 bits per heavy atom. The third-order valence-electron chi connectivity index (χ3n) is 3.22. The summed E-state index contributed by atoms with van der Waals surface area (Å²) in [7, 11) is 0. The van der Waals surface area contributed by atoms with Gasteiger partial charge in [0.1, 0.15) is 11.6 Å². The molecule has 0 aliphatic heterocycles. The minimum atomic E-state index is -0.242. The first-order chi connectivity index (χ1) is 9.69. The molecule has 0 spiro atoms. The number of rotatable bonds is 7. The molecular formula is C16H20FNOS. The second-order valence-electron chi connectivity index (χ2n) is 4.80. The summed E-state index contributed by atoms with van der Waals surface area (Å²) in [6.07, 6.45) is 2.38. The van der Waals surface area contributed by atoms with Gasteiger partial charge in [-0.3, -0.25) is 0 Å². The van der Waals surface area contributed by atoms with Gasteiger partial charge in [0.2, 0.25) is 0 Å². The molecule has 0 bridgehead atoms. The van der Waals surface area contributed by atoms with Crippen LogP contribution in [0.5, 0.6) is 5.75 Å². The summed E-state index contributed by atoms with van der Waals surface area (Å²) < 4.78 is 19.1. The van der Waals surface area contributed by atoms with Crippen LogP contribution in [0.25, 0.3) is 0 Å². The normalized spacial score (nSPS) is 12.3. The van der Waals surface area contributed by atoms with Gasteiger partial charge in [0.05, 0.1) is 6.61 Å².